The molecule has 0 bridgehead atoms. The van der Waals surface area contributed by atoms with E-state index in [0.29, 0.717) is 11.5 Å². The lowest BCUT2D eigenvalue weighted by Gasteiger charge is -2.27. The molecule has 1 atom stereocenters. The summed E-state index contributed by atoms with van der Waals surface area (Å²) in [7, 11) is 0. The van der Waals surface area contributed by atoms with Crippen LogP contribution in [0.15, 0.2) is 24.3 Å². The molecule has 1 unspecified atom stereocenters. The topological polar surface area (TPSA) is 29.9 Å². The summed E-state index contributed by atoms with van der Waals surface area (Å²) >= 11 is 0. The highest BCUT2D eigenvalue weighted by molar-refractivity contribution is 5.75. The minimum absolute atomic E-state index is 0.420. The summed E-state index contributed by atoms with van der Waals surface area (Å²) in [6, 6.07) is 9.03. The maximum Gasteiger partial charge on any atom is 0.123 e. The zero-order valence-corrected chi connectivity index (χ0v) is 12.8. The van der Waals surface area contributed by atoms with Gasteiger partial charge in [0.25, 0.3) is 0 Å². The molecule has 0 radical (unpaired) electrons. The van der Waals surface area contributed by atoms with Gasteiger partial charge in [0.2, 0.25) is 0 Å². The number of fused-ring (bicyclic) bond motifs is 1. The Hall–Kier alpha value is -1.35. The average Bonchev–Trinajstić information content (AvgIpc) is 2.95. The number of hydrogen-bond acceptors (Lipinski definition) is 2. The highest BCUT2D eigenvalue weighted by Gasteiger charge is 2.34. The van der Waals surface area contributed by atoms with Crippen molar-refractivity contribution in [3.63, 3.8) is 0 Å². The quantitative estimate of drug-likeness (QED) is 0.918. The van der Waals surface area contributed by atoms with Crippen LogP contribution >= 0.6 is 0 Å². The Balaban J connectivity index is 1.81. The number of nitrogens with zero attached hydrogens (tertiary/aromatic N) is 2. The van der Waals surface area contributed by atoms with Crippen LogP contribution < -0.4 is 5.32 Å². The van der Waals surface area contributed by atoms with Gasteiger partial charge in [-0.15, -0.1) is 0 Å². The van der Waals surface area contributed by atoms with Crippen molar-refractivity contribution in [3.8, 4) is 0 Å². The molecule has 3 nitrogen and oxygen atoms in total. The number of nitrogens with one attached hydrogen (secondary N) is 1. The number of rotatable bonds is 4. The molecule has 3 rings (SSSR count). The van der Waals surface area contributed by atoms with Gasteiger partial charge in [-0.1, -0.05) is 32.4 Å². The van der Waals surface area contributed by atoms with E-state index in [1.54, 1.807) is 0 Å². The van der Waals surface area contributed by atoms with Crippen LogP contribution in [0.2, 0.25) is 0 Å². The van der Waals surface area contributed by atoms with Crippen LogP contribution in [0.4, 0.5) is 0 Å². The van der Waals surface area contributed by atoms with Crippen molar-refractivity contribution in [2.45, 2.75) is 59.2 Å². The Morgan fingerprint density at radius 2 is 2.15 bits per heavy atom. The fourth-order valence-electron chi connectivity index (χ4n) is 3.53. The second-order valence-corrected chi connectivity index (χ2v) is 6.58. The maximum absolute atomic E-state index is 4.79. The minimum atomic E-state index is 0.420. The zero-order chi connectivity index (χ0) is 14.2. The van der Waals surface area contributed by atoms with Gasteiger partial charge in [-0.05, 0) is 37.3 Å². The molecule has 1 heterocycles. The predicted molar refractivity (Wildman–Crippen MR) is 83.7 cm³/mol. The van der Waals surface area contributed by atoms with Gasteiger partial charge < -0.3 is 9.88 Å². The summed E-state index contributed by atoms with van der Waals surface area (Å²) in [4.78, 5) is 4.79. The van der Waals surface area contributed by atoms with E-state index in [9.17, 15) is 0 Å². The largest absolute Gasteiger partial charge is 0.327 e. The summed E-state index contributed by atoms with van der Waals surface area (Å²) in [5.41, 5.74) is 2.78. The third-order valence-electron chi connectivity index (χ3n) is 4.81. The van der Waals surface area contributed by atoms with Gasteiger partial charge in [-0.2, -0.15) is 0 Å². The first kappa shape index (κ1) is 13.6. The van der Waals surface area contributed by atoms with Crippen molar-refractivity contribution in [1.82, 2.24) is 14.9 Å². The van der Waals surface area contributed by atoms with Crippen LogP contribution in [-0.2, 0) is 13.1 Å². The molecule has 1 N–H and O–H groups in total. The molecule has 3 heteroatoms. The van der Waals surface area contributed by atoms with Crippen LogP contribution in [-0.4, -0.2) is 15.6 Å². The number of benzene rings is 1. The summed E-state index contributed by atoms with van der Waals surface area (Å²) in [5, 5.41) is 3.74. The van der Waals surface area contributed by atoms with Crippen molar-refractivity contribution in [2.75, 3.05) is 0 Å². The van der Waals surface area contributed by atoms with Crippen molar-refractivity contribution in [1.29, 1.82) is 0 Å². The van der Waals surface area contributed by atoms with Gasteiger partial charge in [0.15, 0.2) is 0 Å². The smallest absolute Gasteiger partial charge is 0.123 e. The summed E-state index contributed by atoms with van der Waals surface area (Å²) < 4.78 is 2.32. The number of imidazole rings is 1. The van der Waals surface area contributed by atoms with Gasteiger partial charge in [0.1, 0.15) is 5.82 Å². The molecule has 0 saturated heterocycles. The zero-order valence-electron chi connectivity index (χ0n) is 12.8. The van der Waals surface area contributed by atoms with E-state index >= 15 is 0 Å². The van der Waals surface area contributed by atoms with Gasteiger partial charge in [0.05, 0.1) is 17.6 Å². The van der Waals surface area contributed by atoms with Gasteiger partial charge in [0, 0.05) is 12.6 Å². The SMILES string of the molecule is CCn1c(CNC2CCCC2(C)C)nc2ccccc21. The Bertz CT molecular complexity index is 597. The highest BCUT2D eigenvalue weighted by Crippen LogP contribution is 2.37. The molecule has 0 spiro atoms. The third kappa shape index (κ3) is 2.35. The molecule has 2 aromatic rings. The average molecular weight is 271 g/mol. The maximum atomic E-state index is 4.79. The van der Waals surface area contributed by atoms with Gasteiger partial charge in [-0.25, -0.2) is 4.98 Å². The predicted octanol–water partition coefficient (Wildman–Crippen LogP) is 3.72. The molecule has 1 aliphatic carbocycles. The van der Waals surface area contributed by atoms with E-state index in [2.05, 4.69) is 54.9 Å². The molecule has 20 heavy (non-hydrogen) atoms. The Morgan fingerprint density at radius 1 is 1.35 bits per heavy atom. The van der Waals surface area contributed by atoms with E-state index in [0.717, 1.165) is 24.4 Å². The second-order valence-electron chi connectivity index (χ2n) is 6.58. The monoisotopic (exact) mass is 271 g/mol. The third-order valence-corrected chi connectivity index (χ3v) is 4.81. The molecule has 1 fully saturated rings. The normalized spacial score (nSPS) is 21.6. The van der Waals surface area contributed by atoms with Crippen molar-refractivity contribution >= 4 is 11.0 Å². The number of hydrogen-bond donors (Lipinski definition) is 1. The van der Waals surface area contributed by atoms with Crippen LogP contribution in [0.3, 0.4) is 0 Å². The van der Waals surface area contributed by atoms with E-state index in [1.807, 2.05) is 0 Å². The molecule has 108 valence electrons. The van der Waals surface area contributed by atoms with E-state index < -0.39 is 0 Å². The molecule has 1 aromatic heterocycles. The molecule has 1 aliphatic rings. The lowest BCUT2D eigenvalue weighted by atomic mass is 9.87. The van der Waals surface area contributed by atoms with Crippen LogP contribution in [0.25, 0.3) is 11.0 Å². The standard InChI is InChI=1S/C17H25N3/c1-4-20-14-9-6-5-8-13(14)19-16(20)12-18-15-10-7-11-17(15,2)3/h5-6,8-9,15,18H,4,7,10-12H2,1-3H3. The molecular weight excluding hydrogens is 246 g/mol. The molecule has 0 aliphatic heterocycles. The number of aromatic nitrogens is 2. The van der Waals surface area contributed by atoms with Crippen molar-refractivity contribution in [2.24, 2.45) is 5.41 Å². The molecular formula is C17H25N3. The second kappa shape index (κ2) is 5.21. The molecule has 1 aromatic carbocycles. The molecule has 1 saturated carbocycles. The molecule has 0 amide bonds. The summed E-state index contributed by atoms with van der Waals surface area (Å²) in [6.07, 6.45) is 3.96. The first-order valence-electron chi connectivity index (χ1n) is 7.79. The highest BCUT2D eigenvalue weighted by atomic mass is 15.1. The van der Waals surface area contributed by atoms with E-state index in [4.69, 9.17) is 4.98 Å². The first-order valence-corrected chi connectivity index (χ1v) is 7.79. The fraction of sp³-hybridized carbons (Fsp3) is 0.588. The van der Waals surface area contributed by atoms with Gasteiger partial charge >= 0.3 is 0 Å². The lowest BCUT2D eigenvalue weighted by molar-refractivity contribution is 0.280. The van der Waals surface area contributed by atoms with Crippen molar-refractivity contribution < 1.29 is 0 Å². The number of para-hydroxylation sites is 2. The van der Waals surface area contributed by atoms with Crippen LogP contribution in [0, 0.1) is 5.41 Å². The van der Waals surface area contributed by atoms with Crippen LogP contribution in [0.1, 0.15) is 45.9 Å². The van der Waals surface area contributed by atoms with Gasteiger partial charge in [-0.3, -0.25) is 0 Å². The van der Waals surface area contributed by atoms with Crippen LogP contribution in [0.5, 0.6) is 0 Å². The van der Waals surface area contributed by atoms with Crippen molar-refractivity contribution in [3.05, 3.63) is 30.1 Å². The minimum Gasteiger partial charge on any atom is -0.327 e. The Labute approximate surface area is 121 Å². The van der Waals surface area contributed by atoms with E-state index in [1.165, 1.54) is 24.8 Å². The fourth-order valence-corrected chi connectivity index (χ4v) is 3.53. The van der Waals surface area contributed by atoms with E-state index in [-0.39, 0.29) is 0 Å². The number of aryl methyl sites for hydroxylation is 1. The first-order chi connectivity index (χ1) is 9.62. The Morgan fingerprint density at radius 3 is 2.85 bits per heavy atom. The Kier molecular flexibility index (Phi) is 3.55. The summed E-state index contributed by atoms with van der Waals surface area (Å²) in [5.74, 6) is 1.16. The lowest BCUT2D eigenvalue weighted by Crippen LogP contribution is -2.37. The summed E-state index contributed by atoms with van der Waals surface area (Å²) in [6.45, 7) is 8.79.